The molecular weight excluding hydrogens is 220 g/mol. The van der Waals surface area contributed by atoms with Crippen LogP contribution in [0.4, 0.5) is 0 Å². The van der Waals surface area contributed by atoms with Gasteiger partial charge in [0.1, 0.15) is 5.65 Å². The van der Waals surface area contributed by atoms with Crippen LogP contribution in [0.25, 0.3) is 28.4 Å². The Hall–Kier alpha value is -2.35. The van der Waals surface area contributed by atoms with Gasteiger partial charge >= 0.3 is 0 Å². The summed E-state index contributed by atoms with van der Waals surface area (Å²) < 4.78 is 0. The third-order valence-electron chi connectivity index (χ3n) is 3.01. The number of benzene rings is 1. The van der Waals surface area contributed by atoms with E-state index in [0.717, 1.165) is 16.7 Å². The van der Waals surface area contributed by atoms with Crippen LogP contribution in [0.1, 0.15) is 12.5 Å². The van der Waals surface area contributed by atoms with Crippen LogP contribution >= 0.6 is 0 Å². The topological polar surface area (TPSA) is 28.7 Å². The normalized spacial score (nSPS) is 11.4. The molecule has 3 rings (SSSR count). The number of pyridine rings is 1. The lowest BCUT2D eigenvalue weighted by Crippen LogP contribution is -1.79. The number of aromatic amines is 1. The summed E-state index contributed by atoms with van der Waals surface area (Å²) in [5.74, 6) is 0. The zero-order valence-corrected chi connectivity index (χ0v) is 10.2. The highest BCUT2D eigenvalue weighted by Crippen LogP contribution is 2.30. The van der Waals surface area contributed by atoms with E-state index in [1.807, 2.05) is 37.4 Å². The Morgan fingerprint density at radius 1 is 1.06 bits per heavy atom. The molecule has 0 aliphatic rings. The Bertz CT molecular complexity index is 693. The zero-order valence-electron chi connectivity index (χ0n) is 10.2. The lowest BCUT2D eigenvalue weighted by atomic mass is 10.1. The standard InChI is InChI=1S/C16H14N2/c1-2-7-13-14-10-6-11-17-16(14)18-15(13)12-8-4-3-5-9-12/h2-11H,1H3,(H,17,18). The van der Waals surface area contributed by atoms with Gasteiger partial charge in [0, 0.05) is 17.1 Å². The number of aromatic nitrogens is 2. The molecule has 2 heteroatoms. The van der Waals surface area contributed by atoms with E-state index in [1.165, 1.54) is 11.1 Å². The lowest BCUT2D eigenvalue weighted by molar-refractivity contribution is 1.32. The van der Waals surface area contributed by atoms with E-state index in [9.17, 15) is 0 Å². The summed E-state index contributed by atoms with van der Waals surface area (Å²) in [6.45, 7) is 2.03. The van der Waals surface area contributed by atoms with Crippen LogP contribution in [-0.4, -0.2) is 9.97 Å². The average molecular weight is 234 g/mol. The molecule has 88 valence electrons. The van der Waals surface area contributed by atoms with Crippen LogP contribution < -0.4 is 0 Å². The van der Waals surface area contributed by atoms with Crippen LogP contribution in [0, 0.1) is 0 Å². The molecule has 0 amide bonds. The van der Waals surface area contributed by atoms with Crippen molar-refractivity contribution in [3.63, 3.8) is 0 Å². The number of H-pyrrole nitrogens is 1. The molecule has 2 heterocycles. The van der Waals surface area contributed by atoms with E-state index >= 15 is 0 Å². The Morgan fingerprint density at radius 2 is 1.89 bits per heavy atom. The van der Waals surface area contributed by atoms with Gasteiger partial charge in [-0.3, -0.25) is 0 Å². The molecule has 18 heavy (non-hydrogen) atoms. The van der Waals surface area contributed by atoms with Gasteiger partial charge in [-0.25, -0.2) is 4.98 Å². The van der Waals surface area contributed by atoms with E-state index in [2.05, 4.69) is 40.3 Å². The van der Waals surface area contributed by atoms with Crippen molar-refractivity contribution in [2.45, 2.75) is 6.92 Å². The average Bonchev–Trinajstić information content (AvgIpc) is 2.80. The second-order valence-corrected chi connectivity index (χ2v) is 4.18. The number of hydrogen-bond donors (Lipinski definition) is 1. The van der Waals surface area contributed by atoms with Crippen molar-refractivity contribution in [3.05, 3.63) is 60.3 Å². The molecule has 0 saturated carbocycles. The van der Waals surface area contributed by atoms with Crippen molar-refractivity contribution in [1.29, 1.82) is 0 Å². The number of nitrogens with zero attached hydrogens (tertiary/aromatic N) is 1. The van der Waals surface area contributed by atoms with Crippen molar-refractivity contribution in [3.8, 4) is 11.3 Å². The van der Waals surface area contributed by atoms with E-state index in [0.29, 0.717) is 0 Å². The molecule has 0 radical (unpaired) electrons. The first-order chi connectivity index (χ1) is 8.90. The Balaban J connectivity index is 2.32. The van der Waals surface area contributed by atoms with Crippen LogP contribution in [0.15, 0.2) is 54.7 Å². The first kappa shape index (κ1) is 10.8. The summed E-state index contributed by atoms with van der Waals surface area (Å²) in [5.41, 5.74) is 4.45. The Labute approximate surface area is 106 Å². The minimum Gasteiger partial charge on any atom is -0.339 e. The maximum atomic E-state index is 4.38. The SMILES string of the molecule is CC=Cc1c(-c2ccccc2)[nH]c2ncccc12. The molecule has 0 unspecified atom stereocenters. The first-order valence-electron chi connectivity index (χ1n) is 6.05. The largest absolute Gasteiger partial charge is 0.339 e. The van der Waals surface area contributed by atoms with Gasteiger partial charge in [0.15, 0.2) is 0 Å². The van der Waals surface area contributed by atoms with Gasteiger partial charge < -0.3 is 4.98 Å². The van der Waals surface area contributed by atoms with Crippen molar-refractivity contribution < 1.29 is 0 Å². The van der Waals surface area contributed by atoms with Gasteiger partial charge in [-0.2, -0.15) is 0 Å². The fourth-order valence-corrected chi connectivity index (χ4v) is 2.21. The summed E-state index contributed by atoms with van der Waals surface area (Å²) in [5, 5.41) is 1.16. The summed E-state index contributed by atoms with van der Waals surface area (Å²) in [6.07, 6.45) is 6.00. The van der Waals surface area contributed by atoms with Crippen molar-refractivity contribution in [1.82, 2.24) is 9.97 Å². The van der Waals surface area contributed by atoms with Crippen molar-refractivity contribution >= 4 is 17.1 Å². The molecule has 0 saturated heterocycles. The van der Waals surface area contributed by atoms with Gasteiger partial charge in [0.05, 0.1) is 5.69 Å². The highest BCUT2D eigenvalue weighted by Gasteiger charge is 2.10. The molecule has 0 atom stereocenters. The lowest BCUT2D eigenvalue weighted by Gasteiger charge is -2.00. The van der Waals surface area contributed by atoms with Crippen LogP contribution in [0.2, 0.25) is 0 Å². The van der Waals surface area contributed by atoms with Gasteiger partial charge in [0.2, 0.25) is 0 Å². The third kappa shape index (κ3) is 1.72. The summed E-state index contributed by atoms with van der Waals surface area (Å²) in [6, 6.07) is 14.4. The van der Waals surface area contributed by atoms with Crippen LogP contribution in [0.5, 0.6) is 0 Å². The molecule has 2 aromatic heterocycles. The van der Waals surface area contributed by atoms with Crippen molar-refractivity contribution in [2.75, 3.05) is 0 Å². The summed E-state index contributed by atoms with van der Waals surface area (Å²) in [7, 11) is 0. The quantitative estimate of drug-likeness (QED) is 0.705. The minimum absolute atomic E-state index is 0.935. The molecular formula is C16H14N2. The Morgan fingerprint density at radius 3 is 2.67 bits per heavy atom. The molecule has 3 aromatic rings. The zero-order chi connectivity index (χ0) is 12.4. The number of fused-ring (bicyclic) bond motifs is 1. The fraction of sp³-hybridized carbons (Fsp3) is 0.0625. The van der Waals surface area contributed by atoms with Gasteiger partial charge in [-0.15, -0.1) is 0 Å². The smallest absolute Gasteiger partial charge is 0.138 e. The number of rotatable bonds is 2. The highest BCUT2D eigenvalue weighted by atomic mass is 14.9. The second kappa shape index (κ2) is 4.49. The fourth-order valence-electron chi connectivity index (χ4n) is 2.21. The molecule has 0 fully saturated rings. The third-order valence-corrected chi connectivity index (χ3v) is 3.01. The van der Waals surface area contributed by atoms with Gasteiger partial charge in [-0.05, 0) is 24.6 Å². The maximum Gasteiger partial charge on any atom is 0.138 e. The molecule has 1 aromatic carbocycles. The van der Waals surface area contributed by atoms with Crippen molar-refractivity contribution in [2.24, 2.45) is 0 Å². The molecule has 0 spiro atoms. The maximum absolute atomic E-state index is 4.38. The van der Waals surface area contributed by atoms with Gasteiger partial charge in [-0.1, -0.05) is 42.5 Å². The molecule has 1 N–H and O–H groups in total. The van der Waals surface area contributed by atoms with E-state index in [4.69, 9.17) is 0 Å². The predicted octanol–water partition coefficient (Wildman–Crippen LogP) is 4.26. The first-order valence-corrected chi connectivity index (χ1v) is 6.05. The Kier molecular flexibility index (Phi) is 2.69. The number of allylic oxidation sites excluding steroid dienone is 1. The summed E-state index contributed by atoms with van der Waals surface area (Å²) >= 11 is 0. The van der Waals surface area contributed by atoms with Gasteiger partial charge in [0.25, 0.3) is 0 Å². The number of nitrogens with one attached hydrogen (secondary N) is 1. The van der Waals surface area contributed by atoms with E-state index < -0.39 is 0 Å². The minimum atomic E-state index is 0.935. The van der Waals surface area contributed by atoms with Crippen LogP contribution in [-0.2, 0) is 0 Å². The molecule has 2 nitrogen and oxygen atoms in total. The summed E-state index contributed by atoms with van der Waals surface area (Å²) in [4.78, 5) is 7.78. The second-order valence-electron chi connectivity index (χ2n) is 4.18. The van der Waals surface area contributed by atoms with E-state index in [1.54, 1.807) is 0 Å². The highest BCUT2D eigenvalue weighted by molar-refractivity contribution is 5.94. The van der Waals surface area contributed by atoms with E-state index in [-0.39, 0.29) is 0 Å². The molecule has 0 bridgehead atoms. The number of hydrogen-bond acceptors (Lipinski definition) is 1. The molecule has 0 aliphatic carbocycles. The molecule has 0 aliphatic heterocycles. The predicted molar refractivity (Wildman–Crippen MR) is 76.2 cm³/mol. The van der Waals surface area contributed by atoms with Crippen LogP contribution in [0.3, 0.4) is 0 Å². The monoisotopic (exact) mass is 234 g/mol.